The topological polar surface area (TPSA) is 66.4 Å². The van der Waals surface area contributed by atoms with Gasteiger partial charge in [0.15, 0.2) is 0 Å². The number of amides is 1. The first kappa shape index (κ1) is 18.0. The predicted octanol–water partition coefficient (Wildman–Crippen LogP) is 2.95. The zero-order valence-corrected chi connectivity index (χ0v) is 14.4. The van der Waals surface area contributed by atoms with Crippen LogP contribution in [-0.4, -0.2) is 35.0 Å². The van der Waals surface area contributed by atoms with E-state index in [4.69, 9.17) is 5.11 Å². The van der Waals surface area contributed by atoms with E-state index in [-0.39, 0.29) is 17.6 Å². The summed E-state index contributed by atoms with van der Waals surface area (Å²) in [4.78, 5) is 22.5. The van der Waals surface area contributed by atoms with E-state index in [1.807, 2.05) is 31.2 Å². The summed E-state index contributed by atoms with van der Waals surface area (Å²) in [5.41, 5.74) is 1.13. The Bertz CT molecular complexity index is 482. The number of hydrogen-bond donors (Lipinski definition) is 2. The molecule has 0 aliphatic heterocycles. The average molecular weight is 374 g/mol. The molecule has 0 radical (unpaired) electrons. The second-order valence-corrected chi connectivity index (χ2v) is 6.70. The van der Waals surface area contributed by atoms with E-state index in [1.165, 1.54) is 11.8 Å². The highest BCUT2D eigenvalue weighted by Crippen LogP contribution is 2.17. The van der Waals surface area contributed by atoms with Crippen LogP contribution in [0.3, 0.4) is 0 Å². The van der Waals surface area contributed by atoms with Gasteiger partial charge in [0.2, 0.25) is 5.91 Å². The van der Waals surface area contributed by atoms with E-state index in [2.05, 4.69) is 21.2 Å². The van der Waals surface area contributed by atoms with Crippen molar-refractivity contribution in [3.05, 3.63) is 34.3 Å². The number of nitrogens with one attached hydrogen (secondary N) is 1. The molecule has 0 heterocycles. The van der Waals surface area contributed by atoms with Gasteiger partial charge in [0.1, 0.15) is 0 Å². The number of aliphatic carboxylic acids is 1. The Hall–Kier alpha value is -1.01. The molecule has 6 heteroatoms. The molecule has 4 nitrogen and oxygen atoms in total. The molecule has 1 atom stereocenters. The Labute approximate surface area is 137 Å². The maximum atomic E-state index is 12.1. The summed E-state index contributed by atoms with van der Waals surface area (Å²) in [6, 6.07) is 7.97. The van der Waals surface area contributed by atoms with E-state index in [1.54, 1.807) is 0 Å². The summed E-state index contributed by atoms with van der Waals surface area (Å²) in [7, 11) is 0. The molecule has 1 amide bonds. The van der Waals surface area contributed by atoms with Crippen molar-refractivity contribution in [1.29, 1.82) is 0 Å². The number of benzene rings is 1. The minimum absolute atomic E-state index is 0.0356. The van der Waals surface area contributed by atoms with Crippen LogP contribution >= 0.6 is 27.7 Å². The van der Waals surface area contributed by atoms with Crippen LogP contribution in [0.1, 0.15) is 18.9 Å². The molecule has 0 aromatic heterocycles. The first-order valence-corrected chi connectivity index (χ1v) is 8.79. The van der Waals surface area contributed by atoms with Crippen molar-refractivity contribution in [2.75, 3.05) is 18.1 Å². The third-order valence-corrected chi connectivity index (χ3v) is 4.44. The van der Waals surface area contributed by atoms with Crippen LogP contribution < -0.4 is 5.32 Å². The average Bonchev–Trinajstić information content (AvgIpc) is 2.44. The van der Waals surface area contributed by atoms with Crippen molar-refractivity contribution in [2.24, 2.45) is 5.92 Å². The van der Waals surface area contributed by atoms with E-state index >= 15 is 0 Å². The van der Waals surface area contributed by atoms with Gasteiger partial charge in [0.05, 0.1) is 5.75 Å². The Morgan fingerprint density at radius 3 is 2.81 bits per heavy atom. The second kappa shape index (κ2) is 9.84. The number of thioether (sulfide) groups is 1. The Kier molecular flexibility index (Phi) is 8.45. The lowest BCUT2D eigenvalue weighted by atomic mass is 9.96. The van der Waals surface area contributed by atoms with Crippen molar-refractivity contribution >= 4 is 39.6 Å². The van der Waals surface area contributed by atoms with Crippen LogP contribution in [0, 0.1) is 5.92 Å². The number of carbonyl (C=O) groups excluding carboxylic acids is 1. The normalized spacial score (nSPS) is 11.9. The highest BCUT2D eigenvalue weighted by molar-refractivity contribution is 9.10. The number of hydrogen-bond acceptors (Lipinski definition) is 3. The van der Waals surface area contributed by atoms with E-state index < -0.39 is 5.97 Å². The summed E-state index contributed by atoms with van der Waals surface area (Å²) in [5.74, 6) is -0.152. The van der Waals surface area contributed by atoms with Gasteiger partial charge in [-0.25, -0.2) is 0 Å². The molecule has 0 bridgehead atoms. The van der Waals surface area contributed by atoms with Gasteiger partial charge in [-0.2, -0.15) is 0 Å². The van der Waals surface area contributed by atoms with E-state index in [9.17, 15) is 9.59 Å². The molecule has 116 valence electrons. The molecule has 0 fully saturated rings. The van der Waals surface area contributed by atoms with Gasteiger partial charge >= 0.3 is 5.97 Å². The first-order chi connectivity index (χ1) is 10.0. The Morgan fingerprint density at radius 1 is 1.43 bits per heavy atom. The number of carboxylic acids is 1. The first-order valence-electron chi connectivity index (χ1n) is 6.84. The molecular formula is C15H20BrNO3S. The van der Waals surface area contributed by atoms with E-state index in [0.717, 1.165) is 16.5 Å². The molecule has 1 unspecified atom stereocenters. The Morgan fingerprint density at radius 2 is 2.19 bits per heavy atom. The van der Waals surface area contributed by atoms with E-state index in [0.29, 0.717) is 18.7 Å². The highest BCUT2D eigenvalue weighted by Gasteiger charge is 2.16. The third-order valence-electron chi connectivity index (χ3n) is 3.01. The van der Waals surface area contributed by atoms with Crippen molar-refractivity contribution in [2.45, 2.75) is 19.8 Å². The fourth-order valence-corrected chi connectivity index (χ4v) is 2.93. The molecule has 21 heavy (non-hydrogen) atoms. The van der Waals surface area contributed by atoms with Crippen molar-refractivity contribution in [3.63, 3.8) is 0 Å². The summed E-state index contributed by atoms with van der Waals surface area (Å²) in [6.45, 7) is 2.51. The number of carbonyl (C=O) groups is 2. The predicted molar refractivity (Wildman–Crippen MR) is 89.6 cm³/mol. The summed E-state index contributed by atoms with van der Waals surface area (Å²) in [5, 5.41) is 11.4. The van der Waals surface area contributed by atoms with Crippen molar-refractivity contribution in [3.8, 4) is 0 Å². The molecule has 1 aromatic carbocycles. The molecule has 0 spiro atoms. The smallest absolute Gasteiger partial charge is 0.313 e. The quantitative estimate of drug-likeness (QED) is 0.653. The van der Waals surface area contributed by atoms with Crippen LogP contribution in [0.15, 0.2) is 28.7 Å². The van der Waals surface area contributed by atoms with Crippen LogP contribution in [0.2, 0.25) is 0 Å². The maximum Gasteiger partial charge on any atom is 0.313 e. The SMILES string of the molecule is CCC(Cc1cccc(Br)c1)C(=O)NCCSCC(=O)O. The second-order valence-electron chi connectivity index (χ2n) is 4.68. The fourth-order valence-electron chi connectivity index (χ4n) is 1.92. The zero-order chi connectivity index (χ0) is 15.7. The van der Waals surface area contributed by atoms with Gasteiger partial charge in [0.25, 0.3) is 0 Å². The van der Waals surface area contributed by atoms with Gasteiger partial charge in [-0.05, 0) is 30.5 Å². The minimum atomic E-state index is -0.826. The largest absolute Gasteiger partial charge is 0.481 e. The van der Waals surface area contributed by atoms with Gasteiger partial charge in [-0.15, -0.1) is 11.8 Å². The lowest BCUT2D eigenvalue weighted by molar-refractivity contribution is -0.134. The summed E-state index contributed by atoms with van der Waals surface area (Å²) in [6.07, 6.45) is 1.49. The molecule has 2 N–H and O–H groups in total. The lowest BCUT2D eigenvalue weighted by Crippen LogP contribution is -2.33. The van der Waals surface area contributed by atoms with Gasteiger partial charge < -0.3 is 10.4 Å². The molecular weight excluding hydrogens is 354 g/mol. The maximum absolute atomic E-state index is 12.1. The molecule has 0 saturated carbocycles. The number of halogens is 1. The van der Waals surface area contributed by atoms with Gasteiger partial charge in [0, 0.05) is 22.7 Å². The summed E-state index contributed by atoms with van der Waals surface area (Å²) >= 11 is 4.74. The Balaban J connectivity index is 2.37. The fraction of sp³-hybridized carbons (Fsp3) is 0.467. The summed E-state index contributed by atoms with van der Waals surface area (Å²) < 4.78 is 1.01. The number of carboxylic acid groups (broad SMARTS) is 1. The van der Waals surface area contributed by atoms with Crippen molar-refractivity contribution < 1.29 is 14.7 Å². The zero-order valence-electron chi connectivity index (χ0n) is 12.0. The molecule has 0 saturated heterocycles. The third kappa shape index (κ3) is 7.52. The van der Waals surface area contributed by atoms with Gasteiger partial charge in [-0.3, -0.25) is 9.59 Å². The minimum Gasteiger partial charge on any atom is -0.481 e. The van der Waals surface area contributed by atoms with Crippen molar-refractivity contribution in [1.82, 2.24) is 5.32 Å². The molecule has 0 aliphatic carbocycles. The number of rotatable bonds is 9. The van der Waals surface area contributed by atoms with Gasteiger partial charge in [-0.1, -0.05) is 35.0 Å². The monoisotopic (exact) mass is 373 g/mol. The molecule has 0 aliphatic rings. The van der Waals surface area contributed by atoms with Crippen LogP contribution in [-0.2, 0) is 16.0 Å². The highest BCUT2D eigenvalue weighted by atomic mass is 79.9. The molecule has 1 rings (SSSR count). The van der Waals surface area contributed by atoms with Crippen LogP contribution in [0.4, 0.5) is 0 Å². The lowest BCUT2D eigenvalue weighted by Gasteiger charge is -2.15. The van der Waals surface area contributed by atoms with Crippen LogP contribution in [0.5, 0.6) is 0 Å². The standard InChI is InChI=1S/C15H20BrNO3S/c1-2-12(8-11-4-3-5-13(16)9-11)15(20)17-6-7-21-10-14(18)19/h3-5,9,12H,2,6-8,10H2,1H3,(H,17,20)(H,18,19). The molecule has 1 aromatic rings. The van der Waals surface area contributed by atoms with Crippen LogP contribution in [0.25, 0.3) is 0 Å².